The molecule has 0 aliphatic heterocycles. The number of anilines is 3. The van der Waals surface area contributed by atoms with Gasteiger partial charge in [-0.05, 0) is 31.2 Å². The second-order valence-corrected chi connectivity index (χ2v) is 4.97. The van der Waals surface area contributed by atoms with Crippen LogP contribution in [-0.2, 0) is 0 Å². The predicted octanol–water partition coefficient (Wildman–Crippen LogP) is 2.77. The molecule has 7 nitrogen and oxygen atoms in total. The Morgan fingerprint density at radius 3 is 2.62 bits per heavy atom. The van der Waals surface area contributed by atoms with E-state index < -0.39 is 0 Å². The van der Waals surface area contributed by atoms with Crippen LogP contribution >= 0.6 is 0 Å². The lowest BCUT2D eigenvalue weighted by atomic mass is 10.3. The highest BCUT2D eigenvalue weighted by Crippen LogP contribution is 2.22. The van der Waals surface area contributed by atoms with Gasteiger partial charge in [-0.25, -0.2) is 14.1 Å². The van der Waals surface area contributed by atoms with E-state index in [0.717, 1.165) is 11.4 Å². The largest absolute Gasteiger partial charge is 0.372 e. The Morgan fingerprint density at radius 1 is 1.21 bits per heavy atom. The molecule has 0 unspecified atom stereocenters. The van der Waals surface area contributed by atoms with Crippen LogP contribution in [0, 0.1) is 24.1 Å². The smallest absolute Gasteiger partial charge is 0.229 e. The molecular formula is C16H14FN7. The minimum atomic E-state index is -0.299. The fraction of sp³-hybridized carbons (Fsp3) is 0.125. The van der Waals surface area contributed by atoms with Crippen LogP contribution in [0.25, 0.3) is 5.69 Å². The molecule has 120 valence electrons. The number of rotatable bonds is 4. The lowest BCUT2D eigenvalue weighted by Gasteiger charge is -2.08. The first-order valence-electron chi connectivity index (χ1n) is 7.15. The Hall–Kier alpha value is -3.47. The molecule has 0 saturated carbocycles. The minimum Gasteiger partial charge on any atom is -0.372 e. The molecular weight excluding hydrogens is 309 g/mol. The van der Waals surface area contributed by atoms with Gasteiger partial charge in [0.2, 0.25) is 5.95 Å². The van der Waals surface area contributed by atoms with Crippen LogP contribution in [0.15, 0.2) is 36.7 Å². The summed E-state index contributed by atoms with van der Waals surface area (Å²) in [5.41, 5.74) is 2.65. The van der Waals surface area contributed by atoms with Crippen molar-refractivity contribution in [2.24, 2.45) is 0 Å². The van der Waals surface area contributed by atoms with Gasteiger partial charge in [0.1, 0.15) is 23.3 Å². The van der Waals surface area contributed by atoms with E-state index in [2.05, 4.69) is 25.7 Å². The number of hydrogen-bond acceptors (Lipinski definition) is 6. The van der Waals surface area contributed by atoms with E-state index in [1.165, 1.54) is 18.3 Å². The summed E-state index contributed by atoms with van der Waals surface area (Å²) >= 11 is 0. The summed E-state index contributed by atoms with van der Waals surface area (Å²) in [6, 6.07) is 8.08. The maximum absolute atomic E-state index is 13.0. The van der Waals surface area contributed by atoms with Crippen LogP contribution in [0.1, 0.15) is 11.3 Å². The van der Waals surface area contributed by atoms with Crippen LogP contribution in [0.4, 0.5) is 21.8 Å². The minimum absolute atomic E-state index is 0.299. The number of nitriles is 1. The number of nitrogens with zero attached hydrogens (tertiary/aromatic N) is 5. The van der Waals surface area contributed by atoms with Crippen molar-refractivity contribution in [1.82, 2.24) is 19.7 Å². The molecule has 0 aliphatic rings. The first kappa shape index (κ1) is 15.4. The van der Waals surface area contributed by atoms with Gasteiger partial charge >= 0.3 is 0 Å². The van der Waals surface area contributed by atoms with Crippen LogP contribution in [0.5, 0.6) is 0 Å². The van der Waals surface area contributed by atoms with E-state index in [-0.39, 0.29) is 5.82 Å². The van der Waals surface area contributed by atoms with Crippen LogP contribution < -0.4 is 10.6 Å². The third-order valence-electron chi connectivity index (χ3n) is 3.47. The van der Waals surface area contributed by atoms with Gasteiger partial charge in [0.15, 0.2) is 0 Å². The first-order valence-corrected chi connectivity index (χ1v) is 7.15. The molecule has 2 N–H and O–H groups in total. The van der Waals surface area contributed by atoms with Gasteiger partial charge in [0, 0.05) is 7.05 Å². The lowest BCUT2D eigenvalue weighted by molar-refractivity contribution is 0.627. The monoisotopic (exact) mass is 323 g/mol. The number of aromatic nitrogens is 4. The van der Waals surface area contributed by atoms with Crippen molar-refractivity contribution in [2.45, 2.75) is 6.92 Å². The van der Waals surface area contributed by atoms with Gasteiger partial charge in [0.05, 0.1) is 29.5 Å². The summed E-state index contributed by atoms with van der Waals surface area (Å²) in [5, 5.41) is 19.2. The Kier molecular flexibility index (Phi) is 4.07. The van der Waals surface area contributed by atoms with Gasteiger partial charge in [0.25, 0.3) is 0 Å². The number of benzene rings is 1. The first-order chi connectivity index (χ1) is 11.6. The van der Waals surface area contributed by atoms with Crippen molar-refractivity contribution in [2.75, 3.05) is 17.7 Å². The molecule has 0 saturated heterocycles. The SMILES string of the molecule is CNc1nc(Nc2cnn(-c3ccc(F)cc3)c2C)ncc1C#N. The average molecular weight is 323 g/mol. The maximum atomic E-state index is 13.0. The molecule has 24 heavy (non-hydrogen) atoms. The topological polar surface area (TPSA) is 91.4 Å². The summed E-state index contributed by atoms with van der Waals surface area (Å²) in [6.07, 6.45) is 3.08. The molecule has 0 bridgehead atoms. The van der Waals surface area contributed by atoms with Crippen molar-refractivity contribution >= 4 is 17.5 Å². The molecule has 0 spiro atoms. The van der Waals surface area contributed by atoms with E-state index in [1.807, 2.05) is 13.0 Å². The standard InChI is InChI=1S/C16H14FN7/c1-10-14(9-21-24(10)13-5-3-12(17)4-6-13)22-16-20-8-11(7-18)15(19-2)23-16/h3-6,8-9H,1-2H3,(H2,19,20,22,23). The molecule has 2 heterocycles. The van der Waals surface area contributed by atoms with Crippen LogP contribution in [0.2, 0.25) is 0 Å². The van der Waals surface area contributed by atoms with E-state index in [1.54, 1.807) is 30.1 Å². The normalized spacial score (nSPS) is 10.2. The van der Waals surface area contributed by atoms with Gasteiger partial charge in [-0.1, -0.05) is 0 Å². The highest BCUT2D eigenvalue weighted by Gasteiger charge is 2.11. The zero-order chi connectivity index (χ0) is 17.1. The highest BCUT2D eigenvalue weighted by atomic mass is 19.1. The molecule has 0 fully saturated rings. The molecule has 0 amide bonds. The molecule has 3 aromatic rings. The Labute approximate surface area is 137 Å². The zero-order valence-electron chi connectivity index (χ0n) is 13.1. The number of halogens is 1. The summed E-state index contributed by atoms with van der Waals surface area (Å²) in [5.74, 6) is 0.492. The van der Waals surface area contributed by atoms with Crippen molar-refractivity contribution in [3.8, 4) is 11.8 Å². The summed E-state index contributed by atoms with van der Waals surface area (Å²) in [6.45, 7) is 1.88. The van der Waals surface area contributed by atoms with Crippen molar-refractivity contribution < 1.29 is 4.39 Å². The fourth-order valence-electron chi connectivity index (χ4n) is 2.21. The second kappa shape index (κ2) is 6.34. The lowest BCUT2D eigenvalue weighted by Crippen LogP contribution is -2.04. The van der Waals surface area contributed by atoms with Crippen molar-refractivity contribution in [1.29, 1.82) is 5.26 Å². The molecule has 2 aromatic heterocycles. The Morgan fingerprint density at radius 2 is 1.96 bits per heavy atom. The van der Waals surface area contributed by atoms with E-state index in [4.69, 9.17) is 5.26 Å². The summed E-state index contributed by atoms with van der Waals surface area (Å²) < 4.78 is 14.7. The van der Waals surface area contributed by atoms with E-state index in [0.29, 0.717) is 23.0 Å². The molecule has 8 heteroatoms. The Bertz CT molecular complexity index is 909. The van der Waals surface area contributed by atoms with Gasteiger partial charge < -0.3 is 10.6 Å². The molecule has 0 radical (unpaired) electrons. The molecule has 3 rings (SSSR count). The van der Waals surface area contributed by atoms with E-state index >= 15 is 0 Å². The van der Waals surface area contributed by atoms with Crippen LogP contribution in [0.3, 0.4) is 0 Å². The predicted molar refractivity (Wildman–Crippen MR) is 87.8 cm³/mol. The van der Waals surface area contributed by atoms with Crippen molar-refractivity contribution in [3.05, 3.63) is 53.7 Å². The number of nitrogens with one attached hydrogen (secondary N) is 2. The fourth-order valence-corrected chi connectivity index (χ4v) is 2.21. The quantitative estimate of drug-likeness (QED) is 0.767. The highest BCUT2D eigenvalue weighted by molar-refractivity contribution is 5.60. The Balaban J connectivity index is 1.89. The average Bonchev–Trinajstić information content (AvgIpc) is 2.96. The van der Waals surface area contributed by atoms with Crippen molar-refractivity contribution in [3.63, 3.8) is 0 Å². The zero-order valence-corrected chi connectivity index (χ0v) is 13.1. The second-order valence-electron chi connectivity index (χ2n) is 4.97. The third-order valence-corrected chi connectivity index (χ3v) is 3.47. The number of hydrogen-bond donors (Lipinski definition) is 2. The van der Waals surface area contributed by atoms with E-state index in [9.17, 15) is 4.39 Å². The van der Waals surface area contributed by atoms with Gasteiger partial charge in [-0.15, -0.1) is 0 Å². The summed E-state index contributed by atoms with van der Waals surface area (Å²) in [7, 11) is 1.69. The molecule has 0 aliphatic carbocycles. The maximum Gasteiger partial charge on any atom is 0.229 e. The van der Waals surface area contributed by atoms with Crippen LogP contribution in [-0.4, -0.2) is 26.8 Å². The molecule has 0 atom stereocenters. The van der Waals surface area contributed by atoms with Gasteiger partial charge in [-0.2, -0.15) is 15.3 Å². The molecule has 1 aromatic carbocycles. The third kappa shape index (κ3) is 2.87. The summed E-state index contributed by atoms with van der Waals surface area (Å²) in [4.78, 5) is 8.37. The van der Waals surface area contributed by atoms with Gasteiger partial charge in [-0.3, -0.25) is 0 Å².